The number of carbonyl (C=O) groups excluding carboxylic acids is 2. The van der Waals surface area contributed by atoms with Crippen molar-refractivity contribution in [3.05, 3.63) is 89.5 Å². The molecule has 1 heterocycles. The topological polar surface area (TPSA) is 111 Å². The second kappa shape index (κ2) is 14.7. The number of nitrogens with zero attached hydrogens (tertiary/aromatic N) is 5. The summed E-state index contributed by atoms with van der Waals surface area (Å²) < 4.78 is 39.2. The first-order valence-corrected chi connectivity index (χ1v) is 14.9. The van der Waals surface area contributed by atoms with Crippen LogP contribution in [-0.4, -0.2) is 63.7 Å². The quantitative estimate of drug-likeness (QED) is 0.241. The molecule has 1 N–H and O–H groups in total. The van der Waals surface area contributed by atoms with Gasteiger partial charge in [-0.15, -0.1) is 10.2 Å². The standard InChI is InChI=1S/C33H36F2N6O4/c1-44-28-17-12-22(20-29(28)45-2)18-19-40(30(42)21-41-38-32(37-39-41)26-10-6-7-11-27(26)35)31(23-13-15-24(34)16-14-23)33(43)36-25-8-4-3-5-9-25/h6-7,10-17,20,25,31H,3-5,8-9,18-19,21H2,1-2H3,(H,36,43)/t31-/m1/s1. The Balaban J connectivity index is 1.46. The maximum atomic E-state index is 14.4. The molecule has 4 aromatic rings. The highest BCUT2D eigenvalue weighted by molar-refractivity contribution is 5.89. The SMILES string of the molecule is COc1ccc(CCN(C(=O)Cn2nnc(-c3ccccc3F)n2)[C@@H](C(=O)NC2CCCCC2)c2ccc(F)cc2)cc1OC. The number of methoxy groups -OCH3 is 2. The highest BCUT2D eigenvalue weighted by atomic mass is 19.1. The van der Waals surface area contributed by atoms with Gasteiger partial charge in [-0.1, -0.05) is 49.6 Å². The zero-order valence-corrected chi connectivity index (χ0v) is 25.3. The van der Waals surface area contributed by atoms with Gasteiger partial charge in [-0.2, -0.15) is 4.80 Å². The smallest absolute Gasteiger partial charge is 0.247 e. The Morgan fingerprint density at radius 2 is 1.71 bits per heavy atom. The first-order chi connectivity index (χ1) is 21.9. The normalized spacial score (nSPS) is 14.0. The van der Waals surface area contributed by atoms with Gasteiger partial charge in [0.25, 0.3) is 0 Å². The highest BCUT2D eigenvalue weighted by Gasteiger charge is 2.33. The minimum absolute atomic E-state index is 0.0164. The van der Waals surface area contributed by atoms with Crippen molar-refractivity contribution in [3.63, 3.8) is 0 Å². The largest absolute Gasteiger partial charge is 0.493 e. The number of aromatic nitrogens is 4. The van der Waals surface area contributed by atoms with Crippen molar-refractivity contribution in [2.75, 3.05) is 20.8 Å². The highest BCUT2D eigenvalue weighted by Crippen LogP contribution is 2.29. The van der Waals surface area contributed by atoms with Crippen LogP contribution in [0.5, 0.6) is 11.5 Å². The number of rotatable bonds is 12. The van der Waals surface area contributed by atoms with Crippen molar-refractivity contribution in [1.29, 1.82) is 0 Å². The van der Waals surface area contributed by atoms with Crippen LogP contribution in [0.2, 0.25) is 0 Å². The van der Waals surface area contributed by atoms with E-state index in [-0.39, 0.29) is 36.4 Å². The number of hydrogen-bond acceptors (Lipinski definition) is 7. The molecule has 5 rings (SSSR count). The summed E-state index contributed by atoms with van der Waals surface area (Å²) in [4.78, 5) is 30.6. The minimum atomic E-state index is -1.06. The lowest BCUT2D eigenvalue weighted by atomic mass is 9.94. The average molecular weight is 619 g/mol. The van der Waals surface area contributed by atoms with Gasteiger partial charge in [0, 0.05) is 12.6 Å². The maximum absolute atomic E-state index is 14.4. The Morgan fingerprint density at radius 1 is 0.978 bits per heavy atom. The molecule has 1 aliphatic carbocycles. The summed E-state index contributed by atoms with van der Waals surface area (Å²) >= 11 is 0. The van der Waals surface area contributed by atoms with Crippen LogP contribution in [0.3, 0.4) is 0 Å². The number of ether oxygens (including phenoxy) is 2. The second-order valence-electron chi connectivity index (χ2n) is 10.9. The summed E-state index contributed by atoms with van der Waals surface area (Å²) in [7, 11) is 3.09. The first-order valence-electron chi connectivity index (χ1n) is 14.9. The number of halogens is 2. The molecule has 2 amide bonds. The van der Waals surface area contributed by atoms with Gasteiger partial charge in [0.2, 0.25) is 17.6 Å². The lowest BCUT2D eigenvalue weighted by molar-refractivity contribution is -0.142. The lowest BCUT2D eigenvalue weighted by Crippen LogP contribution is -2.48. The predicted molar refractivity (Wildman–Crippen MR) is 162 cm³/mol. The van der Waals surface area contributed by atoms with Gasteiger partial charge in [-0.25, -0.2) is 8.78 Å². The molecule has 0 spiro atoms. The monoisotopic (exact) mass is 618 g/mol. The number of tetrazole rings is 1. The molecule has 1 saturated carbocycles. The van der Waals surface area contributed by atoms with Gasteiger partial charge < -0.3 is 19.7 Å². The first kappa shape index (κ1) is 31.6. The summed E-state index contributed by atoms with van der Waals surface area (Å²) in [6, 6.07) is 16.0. The summed E-state index contributed by atoms with van der Waals surface area (Å²) in [6.07, 6.45) is 5.20. The molecule has 1 aliphatic rings. The molecule has 0 saturated heterocycles. The maximum Gasteiger partial charge on any atom is 0.247 e. The van der Waals surface area contributed by atoms with Crippen molar-refractivity contribution in [3.8, 4) is 22.9 Å². The molecule has 0 unspecified atom stereocenters. The predicted octanol–water partition coefficient (Wildman–Crippen LogP) is 4.90. The van der Waals surface area contributed by atoms with Crippen LogP contribution >= 0.6 is 0 Å². The molecular weight excluding hydrogens is 582 g/mol. The summed E-state index contributed by atoms with van der Waals surface area (Å²) in [5, 5.41) is 15.3. The van der Waals surface area contributed by atoms with Crippen LogP contribution in [0.15, 0.2) is 66.7 Å². The molecule has 1 fully saturated rings. The third kappa shape index (κ3) is 7.81. The summed E-state index contributed by atoms with van der Waals surface area (Å²) in [5.74, 6) is -0.674. The van der Waals surface area contributed by atoms with Gasteiger partial charge in [0.1, 0.15) is 24.2 Å². The van der Waals surface area contributed by atoms with E-state index in [1.54, 1.807) is 25.3 Å². The Kier molecular flexibility index (Phi) is 10.3. The molecule has 1 aromatic heterocycles. The Bertz CT molecular complexity index is 1610. The van der Waals surface area contributed by atoms with E-state index in [0.717, 1.165) is 42.5 Å². The molecule has 236 valence electrons. The van der Waals surface area contributed by atoms with E-state index in [0.29, 0.717) is 23.5 Å². The number of hydrogen-bond donors (Lipinski definition) is 1. The molecule has 3 aromatic carbocycles. The number of carbonyl (C=O) groups is 2. The second-order valence-corrected chi connectivity index (χ2v) is 10.9. The van der Waals surface area contributed by atoms with E-state index >= 15 is 0 Å². The number of nitrogens with one attached hydrogen (secondary N) is 1. The molecular formula is C33H36F2N6O4. The zero-order chi connectivity index (χ0) is 31.8. The zero-order valence-electron chi connectivity index (χ0n) is 25.3. The van der Waals surface area contributed by atoms with Crippen molar-refractivity contribution >= 4 is 11.8 Å². The van der Waals surface area contributed by atoms with E-state index in [1.807, 2.05) is 12.1 Å². The van der Waals surface area contributed by atoms with Crippen molar-refractivity contribution in [1.82, 2.24) is 30.4 Å². The Morgan fingerprint density at radius 3 is 2.42 bits per heavy atom. The van der Waals surface area contributed by atoms with Crippen molar-refractivity contribution in [2.24, 2.45) is 0 Å². The Hall–Kier alpha value is -4.87. The average Bonchev–Trinajstić information content (AvgIpc) is 3.52. The van der Waals surface area contributed by atoms with Crippen LogP contribution in [0, 0.1) is 11.6 Å². The van der Waals surface area contributed by atoms with Crippen molar-refractivity contribution < 1.29 is 27.8 Å². The molecule has 1 atom stereocenters. The van der Waals surface area contributed by atoms with Crippen molar-refractivity contribution in [2.45, 2.75) is 57.2 Å². The van der Waals surface area contributed by atoms with Crippen LogP contribution < -0.4 is 14.8 Å². The molecule has 0 radical (unpaired) electrons. The fourth-order valence-corrected chi connectivity index (χ4v) is 5.60. The third-order valence-electron chi connectivity index (χ3n) is 7.95. The van der Waals surface area contributed by atoms with Gasteiger partial charge in [-0.05, 0) is 72.0 Å². The van der Waals surface area contributed by atoms with Crippen LogP contribution in [-0.2, 0) is 22.6 Å². The number of amides is 2. The molecule has 0 bridgehead atoms. The minimum Gasteiger partial charge on any atom is -0.493 e. The van der Waals surface area contributed by atoms with Crippen LogP contribution in [0.4, 0.5) is 8.78 Å². The van der Waals surface area contributed by atoms with Gasteiger partial charge in [0.15, 0.2) is 11.5 Å². The molecule has 0 aliphatic heterocycles. The Labute approximate surface area is 260 Å². The van der Waals surface area contributed by atoms with E-state index < -0.39 is 23.6 Å². The van der Waals surface area contributed by atoms with E-state index in [4.69, 9.17) is 9.47 Å². The van der Waals surface area contributed by atoms with E-state index in [9.17, 15) is 18.4 Å². The third-order valence-corrected chi connectivity index (χ3v) is 7.95. The van der Waals surface area contributed by atoms with Crippen LogP contribution in [0.25, 0.3) is 11.4 Å². The lowest BCUT2D eigenvalue weighted by Gasteiger charge is -2.33. The van der Waals surface area contributed by atoms with E-state index in [2.05, 4.69) is 20.7 Å². The van der Waals surface area contributed by atoms with Crippen LogP contribution in [0.1, 0.15) is 49.3 Å². The molecule has 45 heavy (non-hydrogen) atoms. The van der Waals surface area contributed by atoms with Gasteiger partial charge in [-0.3, -0.25) is 9.59 Å². The fraction of sp³-hybridized carbons (Fsp3) is 0.364. The van der Waals surface area contributed by atoms with Gasteiger partial charge >= 0.3 is 0 Å². The summed E-state index contributed by atoms with van der Waals surface area (Å²) in [5.41, 5.74) is 1.46. The van der Waals surface area contributed by atoms with Gasteiger partial charge in [0.05, 0.1) is 19.8 Å². The molecule has 12 heteroatoms. The molecule has 10 nitrogen and oxygen atoms in total. The summed E-state index contributed by atoms with van der Waals surface area (Å²) in [6.45, 7) is -0.231. The van der Waals surface area contributed by atoms with E-state index in [1.165, 1.54) is 48.4 Å². The fourth-order valence-electron chi connectivity index (χ4n) is 5.60. The number of benzene rings is 3.